The first kappa shape index (κ1) is 30.4. The van der Waals surface area contributed by atoms with E-state index in [4.69, 9.17) is 4.74 Å². The number of amides is 2. The summed E-state index contributed by atoms with van der Waals surface area (Å²) in [5, 5.41) is 3.06. The summed E-state index contributed by atoms with van der Waals surface area (Å²) in [7, 11) is 0. The smallest absolute Gasteiger partial charge is 0.261 e. The molecule has 0 aliphatic heterocycles. The van der Waals surface area contributed by atoms with E-state index in [2.05, 4.69) is 61.9 Å². The van der Waals surface area contributed by atoms with E-state index >= 15 is 0 Å². The second-order valence-corrected chi connectivity index (χ2v) is 12.4. The molecule has 0 bridgehead atoms. The average Bonchev–Trinajstić information content (AvgIpc) is 2.88. The molecule has 208 valence electrons. The van der Waals surface area contributed by atoms with Crippen LogP contribution >= 0.6 is 15.9 Å². The maximum atomic E-state index is 13.8. The second kappa shape index (κ2) is 13.8. The predicted molar refractivity (Wildman–Crippen MR) is 162 cm³/mol. The number of nitrogens with zero attached hydrogens (tertiary/aromatic N) is 1. The van der Waals surface area contributed by atoms with E-state index in [0.29, 0.717) is 31.2 Å². The number of carbonyl (C=O) groups is 2. The SMILES string of the molecule is Cc1cccc(CN(C(=O)COc2ccc(C(C)(C)C)cc2Br)[C@@H](Cc2ccccc2)C(=O)NCC(C)C)c1. The number of ether oxygens (including phenoxy) is 1. The molecule has 3 rings (SSSR count). The van der Waals surface area contributed by atoms with Gasteiger partial charge in [0.15, 0.2) is 6.61 Å². The quantitative estimate of drug-likeness (QED) is 0.265. The van der Waals surface area contributed by atoms with Crippen LogP contribution in [0.25, 0.3) is 0 Å². The summed E-state index contributed by atoms with van der Waals surface area (Å²) >= 11 is 3.60. The molecular weight excluding hydrogens is 552 g/mol. The highest BCUT2D eigenvalue weighted by atomic mass is 79.9. The molecule has 1 N–H and O–H groups in total. The summed E-state index contributed by atoms with van der Waals surface area (Å²) in [6.07, 6.45) is 0.409. The maximum absolute atomic E-state index is 13.8. The Balaban J connectivity index is 1.90. The van der Waals surface area contributed by atoms with Crippen LogP contribution in [-0.4, -0.2) is 35.9 Å². The number of carbonyl (C=O) groups excluding carboxylic acids is 2. The Hall–Kier alpha value is -3.12. The van der Waals surface area contributed by atoms with Gasteiger partial charge >= 0.3 is 0 Å². The van der Waals surface area contributed by atoms with Crippen molar-refractivity contribution in [2.75, 3.05) is 13.2 Å². The van der Waals surface area contributed by atoms with Crippen LogP contribution in [0.4, 0.5) is 0 Å². The molecule has 3 aromatic rings. The van der Waals surface area contributed by atoms with Crippen molar-refractivity contribution in [3.8, 4) is 5.75 Å². The van der Waals surface area contributed by atoms with Crippen molar-refractivity contribution in [1.82, 2.24) is 10.2 Å². The summed E-state index contributed by atoms with van der Waals surface area (Å²) in [6.45, 7) is 13.3. The minimum atomic E-state index is -0.686. The fraction of sp³-hybridized carbons (Fsp3) is 0.394. The highest BCUT2D eigenvalue weighted by Gasteiger charge is 2.31. The molecule has 39 heavy (non-hydrogen) atoms. The molecule has 0 aliphatic rings. The standard InChI is InChI=1S/C33H41BrN2O3/c1-23(2)20-35-32(38)29(18-25-12-8-7-9-13-25)36(21-26-14-10-11-24(3)17-26)31(37)22-39-30-16-15-27(19-28(30)34)33(4,5)6/h7-17,19,23,29H,18,20-22H2,1-6H3,(H,35,38)/t29-/m0/s1. The van der Waals surface area contributed by atoms with E-state index in [0.717, 1.165) is 21.2 Å². The zero-order valence-electron chi connectivity index (χ0n) is 24.0. The molecule has 1 atom stereocenters. The van der Waals surface area contributed by atoms with Gasteiger partial charge in [-0.15, -0.1) is 0 Å². The van der Waals surface area contributed by atoms with Crippen molar-refractivity contribution in [3.05, 3.63) is 99.5 Å². The molecule has 0 unspecified atom stereocenters. The van der Waals surface area contributed by atoms with Crippen molar-refractivity contribution in [3.63, 3.8) is 0 Å². The average molecular weight is 594 g/mol. The van der Waals surface area contributed by atoms with Gasteiger partial charge < -0.3 is 15.0 Å². The number of benzene rings is 3. The topological polar surface area (TPSA) is 58.6 Å². The number of hydrogen-bond acceptors (Lipinski definition) is 3. The van der Waals surface area contributed by atoms with Gasteiger partial charge in [0, 0.05) is 19.5 Å². The Kier molecular flexibility index (Phi) is 10.8. The summed E-state index contributed by atoms with van der Waals surface area (Å²) < 4.78 is 6.81. The van der Waals surface area contributed by atoms with E-state index < -0.39 is 6.04 Å². The number of hydrogen-bond donors (Lipinski definition) is 1. The normalized spacial score (nSPS) is 12.2. The number of aryl methyl sites for hydroxylation is 1. The molecule has 0 saturated heterocycles. The first-order valence-corrected chi connectivity index (χ1v) is 14.3. The van der Waals surface area contributed by atoms with E-state index in [1.807, 2.05) is 73.7 Å². The molecule has 0 aromatic heterocycles. The van der Waals surface area contributed by atoms with Crippen LogP contribution in [-0.2, 0) is 28.0 Å². The van der Waals surface area contributed by atoms with Crippen LogP contribution in [0.3, 0.4) is 0 Å². The fourth-order valence-corrected chi connectivity index (χ4v) is 4.78. The molecule has 0 fully saturated rings. The molecule has 6 heteroatoms. The summed E-state index contributed by atoms with van der Waals surface area (Å²) in [5.41, 5.74) is 4.22. The summed E-state index contributed by atoms with van der Waals surface area (Å²) in [6, 6.07) is 23.1. The zero-order chi connectivity index (χ0) is 28.6. The third kappa shape index (κ3) is 9.24. The van der Waals surface area contributed by atoms with E-state index in [9.17, 15) is 9.59 Å². The number of halogens is 1. The Bertz CT molecular complexity index is 1250. The molecule has 3 aromatic carbocycles. The molecule has 0 heterocycles. The highest BCUT2D eigenvalue weighted by molar-refractivity contribution is 9.10. The third-order valence-corrected chi connectivity index (χ3v) is 7.16. The summed E-state index contributed by atoms with van der Waals surface area (Å²) in [4.78, 5) is 29.0. The lowest BCUT2D eigenvalue weighted by Crippen LogP contribution is -2.52. The third-order valence-electron chi connectivity index (χ3n) is 6.54. The van der Waals surface area contributed by atoms with Crippen molar-refractivity contribution in [2.24, 2.45) is 5.92 Å². The lowest BCUT2D eigenvalue weighted by atomic mass is 9.87. The van der Waals surface area contributed by atoms with Gasteiger partial charge in [-0.2, -0.15) is 0 Å². The molecule has 0 aliphatic carbocycles. The van der Waals surface area contributed by atoms with Crippen LogP contribution in [0.5, 0.6) is 5.75 Å². The summed E-state index contributed by atoms with van der Waals surface area (Å²) in [5.74, 6) is 0.480. The molecule has 2 amide bonds. The van der Waals surface area contributed by atoms with Crippen LogP contribution in [0.15, 0.2) is 77.3 Å². The van der Waals surface area contributed by atoms with Gasteiger partial charge in [0.1, 0.15) is 11.8 Å². The van der Waals surface area contributed by atoms with Gasteiger partial charge in [0.25, 0.3) is 5.91 Å². The van der Waals surface area contributed by atoms with Crippen LogP contribution in [0, 0.1) is 12.8 Å². The minimum absolute atomic E-state index is 0.00447. The monoisotopic (exact) mass is 592 g/mol. The predicted octanol–water partition coefficient (Wildman–Crippen LogP) is 6.85. The van der Waals surface area contributed by atoms with Gasteiger partial charge in [0.2, 0.25) is 5.91 Å². The van der Waals surface area contributed by atoms with Crippen molar-refractivity contribution >= 4 is 27.7 Å². The molecule has 0 radical (unpaired) electrons. The lowest BCUT2D eigenvalue weighted by Gasteiger charge is -2.32. The van der Waals surface area contributed by atoms with E-state index in [-0.39, 0.29) is 23.8 Å². The Morgan fingerprint density at radius 1 is 0.949 bits per heavy atom. The number of nitrogens with one attached hydrogen (secondary N) is 1. The fourth-order valence-electron chi connectivity index (χ4n) is 4.29. The molecule has 0 spiro atoms. The largest absolute Gasteiger partial charge is 0.483 e. The second-order valence-electron chi connectivity index (χ2n) is 11.5. The Morgan fingerprint density at radius 3 is 2.26 bits per heavy atom. The lowest BCUT2D eigenvalue weighted by molar-refractivity contribution is -0.142. The molecular formula is C33H41BrN2O3. The van der Waals surface area contributed by atoms with Crippen molar-refractivity contribution in [2.45, 2.75) is 66.0 Å². The van der Waals surface area contributed by atoms with Crippen LogP contribution in [0.1, 0.15) is 56.9 Å². The molecule has 5 nitrogen and oxygen atoms in total. The maximum Gasteiger partial charge on any atom is 0.261 e. The first-order chi connectivity index (χ1) is 18.4. The Labute approximate surface area is 242 Å². The minimum Gasteiger partial charge on any atom is -0.483 e. The van der Waals surface area contributed by atoms with Crippen molar-refractivity contribution in [1.29, 1.82) is 0 Å². The van der Waals surface area contributed by atoms with Crippen LogP contribution < -0.4 is 10.1 Å². The van der Waals surface area contributed by atoms with Gasteiger partial charge in [-0.3, -0.25) is 9.59 Å². The van der Waals surface area contributed by atoms with Gasteiger partial charge in [-0.05, 0) is 63.0 Å². The number of rotatable bonds is 11. The Morgan fingerprint density at radius 2 is 1.64 bits per heavy atom. The van der Waals surface area contributed by atoms with Crippen molar-refractivity contribution < 1.29 is 14.3 Å². The first-order valence-electron chi connectivity index (χ1n) is 13.5. The molecule has 0 saturated carbocycles. The highest BCUT2D eigenvalue weighted by Crippen LogP contribution is 2.31. The van der Waals surface area contributed by atoms with Gasteiger partial charge in [-0.25, -0.2) is 0 Å². The zero-order valence-corrected chi connectivity index (χ0v) is 25.5. The van der Waals surface area contributed by atoms with E-state index in [1.165, 1.54) is 5.56 Å². The van der Waals surface area contributed by atoms with Gasteiger partial charge in [-0.1, -0.05) is 101 Å². The van der Waals surface area contributed by atoms with Crippen LogP contribution in [0.2, 0.25) is 0 Å². The van der Waals surface area contributed by atoms with E-state index in [1.54, 1.807) is 4.90 Å². The van der Waals surface area contributed by atoms with Gasteiger partial charge in [0.05, 0.1) is 4.47 Å².